The number of nitrogens with one attached hydrogen (secondary N) is 1. The van der Waals surface area contributed by atoms with Gasteiger partial charge in [-0.3, -0.25) is 18.5 Å². The molecule has 2 amide bonds. The molecule has 58 heavy (non-hydrogen) atoms. The Kier molecular flexibility index (Phi) is 15.6. The normalized spacial score (nSPS) is 26.1. The number of amides is 2. The number of fused-ring (bicyclic) bond motifs is 3. The van der Waals surface area contributed by atoms with Crippen molar-refractivity contribution >= 4 is 39.7 Å². The number of aromatic nitrogens is 2. The summed E-state index contributed by atoms with van der Waals surface area (Å²) in [5, 5.41) is 6.66. The van der Waals surface area contributed by atoms with Gasteiger partial charge in [-0.1, -0.05) is 36.7 Å². The molecule has 2 aliphatic heterocycles. The second kappa shape index (κ2) is 20.8. The molecule has 3 heterocycles. The number of nitrogens with zero attached hydrogens (tertiary/aromatic N) is 4. The van der Waals surface area contributed by atoms with E-state index in [2.05, 4.69) is 25.7 Å². The van der Waals surface area contributed by atoms with Crippen molar-refractivity contribution in [2.24, 2.45) is 29.2 Å². The lowest BCUT2D eigenvalue weighted by Crippen LogP contribution is -2.45. The Balaban J connectivity index is 1.43. The predicted molar refractivity (Wildman–Crippen MR) is 222 cm³/mol. The fourth-order valence-electron chi connectivity index (χ4n) is 7.84. The Morgan fingerprint density at radius 2 is 1.83 bits per heavy atom. The second-order valence-corrected chi connectivity index (χ2v) is 16.8. The Morgan fingerprint density at radius 3 is 2.59 bits per heavy atom. The van der Waals surface area contributed by atoms with E-state index in [9.17, 15) is 13.8 Å². The van der Waals surface area contributed by atoms with Crippen LogP contribution in [0.2, 0.25) is 5.02 Å². The van der Waals surface area contributed by atoms with Crippen LogP contribution in [0.1, 0.15) is 64.4 Å². The van der Waals surface area contributed by atoms with Crippen LogP contribution in [-0.2, 0) is 49.6 Å². The number of benzene rings is 2. The molecule has 2 unspecified atom stereocenters. The zero-order valence-corrected chi connectivity index (χ0v) is 35.6. The molecule has 316 valence electrons. The van der Waals surface area contributed by atoms with E-state index in [1.54, 1.807) is 39.5 Å². The SMILES string of the molecule is COCCOCCO[C@H]1/C=C/[C@H](OC)[C@@H]2CC[C@H]2CN2Cc3ccc(Cl)cc3CCCCOc3ccc(cc32)C(=O)/N=[SH](=O)\C(NC(=O)c2cn(C)nc2OC)[C@H]1C. The molecule has 0 saturated heterocycles. The lowest BCUT2D eigenvalue weighted by Gasteiger charge is -2.44. The molecule has 2 aromatic carbocycles. The summed E-state index contributed by atoms with van der Waals surface area (Å²) >= 11 is 6.50. The quantitative estimate of drug-likeness (QED) is 0.140. The van der Waals surface area contributed by atoms with Crippen LogP contribution in [-0.4, -0.2) is 104 Å². The molecule has 3 aromatic rings. The van der Waals surface area contributed by atoms with Crippen molar-refractivity contribution in [2.45, 2.75) is 63.2 Å². The number of hydrogen-bond acceptors (Lipinski definition) is 11. The lowest BCUT2D eigenvalue weighted by atomic mass is 9.70. The summed E-state index contributed by atoms with van der Waals surface area (Å²) in [6.07, 6.45) is 9.09. The smallest absolute Gasteiger partial charge is 0.285 e. The lowest BCUT2D eigenvalue weighted by molar-refractivity contribution is -0.0106. The van der Waals surface area contributed by atoms with Gasteiger partial charge >= 0.3 is 0 Å². The minimum Gasteiger partial charge on any atom is -0.491 e. The van der Waals surface area contributed by atoms with Crippen LogP contribution in [0.5, 0.6) is 11.6 Å². The summed E-state index contributed by atoms with van der Waals surface area (Å²) < 4.78 is 55.3. The average molecular weight is 842 g/mol. The molecule has 0 radical (unpaired) electrons. The standard InChI is InChI=1S/C42H56ClN5O9S/c1-27-36(57-21-20-55-19-18-52-3)15-16-37(53-4)33-13-10-31(33)25-48-24-30-9-12-32(43)22-28(30)8-6-7-17-56-38-14-11-29(23-35(38)48)39(49)46-58(51)42(27)44-40(50)34-26-47(2)45-41(34)54-5/h9,11-12,14-16,22-23,26-27,31,33,36-37,42,58H,6-8,10,13,17-21,24-25H2,1-5H3,(H,44,50)/b16-15+/t27-,31-,33+,36-,37-,42?/m0/s1. The van der Waals surface area contributed by atoms with E-state index in [0.29, 0.717) is 43.7 Å². The van der Waals surface area contributed by atoms with Crippen molar-refractivity contribution in [2.75, 3.05) is 65.8 Å². The van der Waals surface area contributed by atoms with Crippen molar-refractivity contribution in [3.8, 4) is 11.6 Å². The number of rotatable bonds is 11. The molecule has 1 saturated carbocycles. The van der Waals surface area contributed by atoms with E-state index >= 15 is 0 Å². The minimum absolute atomic E-state index is 0.100. The van der Waals surface area contributed by atoms with E-state index < -0.39 is 39.8 Å². The Hall–Kier alpha value is -3.99. The number of methoxy groups -OCH3 is 3. The highest BCUT2D eigenvalue weighted by atomic mass is 35.5. The van der Waals surface area contributed by atoms with Crippen LogP contribution in [0.15, 0.2) is 59.1 Å². The predicted octanol–water partition coefficient (Wildman–Crippen LogP) is 5.66. The maximum absolute atomic E-state index is 14.5. The monoisotopic (exact) mass is 841 g/mol. The van der Waals surface area contributed by atoms with Gasteiger partial charge in [0.1, 0.15) is 16.7 Å². The third-order valence-corrected chi connectivity index (χ3v) is 12.9. The first-order chi connectivity index (χ1) is 28.1. The highest BCUT2D eigenvalue weighted by Gasteiger charge is 2.39. The number of thiol groups is 1. The number of carbonyl (C=O) groups is 2. The van der Waals surface area contributed by atoms with Gasteiger partial charge in [0.25, 0.3) is 11.8 Å². The highest BCUT2D eigenvalue weighted by molar-refractivity contribution is 7.76. The third kappa shape index (κ3) is 10.8. The molecule has 2 bridgehead atoms. The van der Waals surface area contributed by atoms with Crippen LogP contribution in [0.3, 0.4) is 0 Å². The van der Waals surface area contributed by atoms with Crippen molar-refractivity contribution in [1.29, 1.82) is 0 Å². The van der Waals surface area contributed by atoms with Crippen molar-refractivity contribution in [3.05, 3.63) is 82.0 Å². The molecule has 6 rings (SSSR count). The first kappa shape index (κ1) is 43.6. The van der Waals surface area contributed by atoms with Gasteiger partial charge in [0.05, 0.1) is 68.6 Å². The molecular weight excluding hydrogens is 786 g/mol. The number of carbonyl (C=O) groups excluding carboxylic acids is 2. The fourth-order valence-corrected chi connectivity index (χ4v) is 9.25. The Bertz CT molecular complexity index is 2000. The molecule has 1 aromatic heterocycles. The Morgan fingerprint density at radius 1 is 1.02 bits per heavy atom. The second-order valence-electron chi connectivity index (χ2n) is 15.0. The van der Waals surface area contributed by atoms with Crippen molar-refractivity contribution < 1.29 is 42.2 Å². The van der Waals surface area contributed by atoms with Crippen LogP contribution < -0.4 is 19.7 Å². The minimum atomic E-state index is -2.77. The molecule has 1 fully saturated rings. The summed E-state index contributed by atoms with van der Waals surface area (Å²) in [6.45, 7) is 4.89. The largest absolute Gasteiger partial charge is 0.491 e. The van der Waals surface area contributed by atoms with Crippen LogP contribution >= 0.6 is 11.6 Å². The first-order valence-electron chi connectivity index (χ1n) is 19.9. The number of ether oxygens (including phenoxy) is 6. The molecule has 1 N–H and O–H groups in total. The van der Waals surface area contributed by atoms with Crippen molar-refractivity contribution in [3.63, 3.8) is 0 Å². The zero-order chi connectivity index (χ0) is 41.2. The summed E-state index contributed by atoms with van der Waals surface area (Å²) in [5.41, 5.74) is 3.48. The average Bonchev–Trinajstić information content (AvgIpc) is 3.59. The van der Waals surface area contributed by atoms with Gasteiger partial charge in [-0.05, 0) is 85.4 Å². The number of anilines is 1. The van der Waals surface area contributed by atoms with Crippen LogP contribution in [0, 0.1) is 17.8 Å². The van der Waals surface area contributed by atoms with Gasteiger partial charge in [-0.25, -0.2) is 0 Å². The van der Waals surface area contributed by atoms with Gasteiger partial charge in [0.2, 0.25) is 5.88 Å². The number of aryl methyl sites for hydroxylation is 2. The highest BCUT2D eigenvalue weighted by Crippen LogP contribution is 2.42. The van der Waals surface area contributed by atoms with E-state index in [1.807, 2.05) is 31.2 Å². The molecule has 1 aliphatic carbocycles. The summed E-state index contributed by atoms with van der Waals surface area (Å²) in [6, 6.07) is 11.3. The maximum Gasteiger partial charge on any atom is 0.285 e. The fraction of sp³-hybridized carbons (Fsp3) is 0.548. The summed E-state index contributed by atoms with van der Waals surface area (Å²) in [7, 11) is 3.63. The molecular formula is C42H56ClN5O9S. The summed E-state index contributed by atoms with van der Waals surface area (Å²) in [5.74, 6) is -0.713. The molecule has 0 spiro atoms. The van der Waals surface area contributed by atoms with E-state index in [1.165, 1.54) is 23.6 Å². The van der Waals surface area contributed by atoms with Gasteiger partial charge in [0.15, 0.2) is 0 Å². The molecule has 7 atom stereocenters. The molecule has 3 aliphatic rings. The van der Waals surface area contributed by atoms with Gasteiger partial charge < -0.3 is 38.6 Å². The van der Waals surface area contributed by atoms with E-state index in [4.69, 9.17) is 40.0 Å². The number of halogens is 1. The number of hydrogen-bond donors (Lipinski definition) is 2. The van der Waals surface area contributed by atoms with Crippen LogP contribution in [0.4, 0.5) is 5.69 Å². The van der Waals surface area contributed by atoms with Crippen LogP contribution in [0.25, 0.3) is 0 Å². The van der Waals surface area contributed by atoms with Gasteiger partial charge in [-0.15, -0.1) is 5.10 Å². The topological polar surface area (TPSA) is 152 Å². The summed E-state index contributed by atoms with van der Waals surface area (Å²) in [4.78, 5) is 30.2. The molecule has 16 heteroatoms. The third-order valence-electron chi connectivity index (χ3n) is 11.2. The van der Waals surface area contributed by atoms with E-state index in [0.717, 1.165) is 43.4 Å². The molecule has 14 nitrogen and oxygen atoms in total. The van der Waals surface area contributed by atoms with E-state index in [-0.39, 0.29) is 48.2 Å². The van der Waals surface area contributed by atoms with Crippen molar-refractivity contribution in [1.82, 2.24) is 15.1 Å². The maximum atomic E-state index is 14.5. The van der Waals surface area contributed by atoms with Gasteiger partial charge in [-0.2, -0.15) is 4.36 Å². The Labute approximate surface area is 347 Å². The van der Waals surface area contributed by atoms with Gasteiger partial charge in [0, 0.05) is 57.1 Å². The zero-order valence-electron chi connectivity index (χ0n) is 33.9. The first-order valence-corrected chi connectivity index (χ1v) is 21.5.